The van der Waals surface area contributed by atoms with Gasteiger partial charge in [0.1, 0.15) is 5.69 Å². The van der Waals surface area contributed by atoms with Gasteiger partial charge < -0.3 is 9.88 Å². The van der Waals surface area contributed by atoms with Gasteiger partial charge in [-0.25, -0.2) is 9.98 Å². The van der Waals surface area contributed by atoms with Crippen LogP contribution in [0.1, 0.15) is 12.6 Å². The summed E-state index contributed by atoms with van der Waals surface area (Å²) in [5, 5.41) is 2.95. The van der Waals surface area contributed by atoms with Gasteiger partial charge >= 0.3 is 0 Å². The van der Waals surface area contributed by atoms with E-state index in [1.54, 1.807) is 12.5 Å². The van der Waals surface area contributed by atoms with Crippen LogP contribution in [-0.2, 0) is 7.05 Å². The number of hydrogen-bond donors (Lipinski definition) is 1. The summed E-state index contributed by atoms with van der Waals surface area (Å²) >= 11 is 0. The summed E-state index contributed by atoms with van der Waals surface area (Å²) in [6.45, 7) is 5.71. The van der Waals surface area contributed by atoms with Gasteiger partial charge in [-0.15, -0.1) is 0 Å². The third kappa shape index (κ3) is 1.77. The molecule has 0 fully saturated rings. The normalized spacial score (nSPS) is 10.7. The highest BCUT2D eigenvalue weighted by molar-refractivity contribution is 5.70. The average molecular weight is 178 g/mol. The molecule has 0 aliphatic rings. The van der Waals surface area contributed by atoms with Crippen LogP contribution in [0.15, 0.2) is 17.9 Å². The van der Waals surface area contributed by atoms with Gasteiger partial charge in [-0.1, -0.05) is 6.58 Å². The molecule has 1 aromatic rings. The Morgan fingerprint density at radius 1 is 1.77 bits per heavy atom. The molecule has 0 spiro atoms. The van der Waals surface area contributed by atoms with Crippen molar-refractivity contribution < 1.29 is 0 Å². The smallest absolute Gasteiger partial charge is 0.161 e. The second kappa shape index (κ2) is 3.89. The van der Waals surface area contributed by atoms with Crippen molar-refractivity contribution in [3.63, 3.8) is 0 Å². The van der Waals surface area contributed by atoms with Crippen molar-refractivity contribution in [2.24, 2.45) is 12.0 Å². The van der Waals surface area contributed by atoms with E-state index in [2.05, 4.69) is 21.9 Å². The van der Waals surface area contributed by atoms with E-state index >= 15 is 0 Å². The molecule has 0 amide bonds. The van der Waals surface area contributed by atoms with E-state index in [-0.39, 0.29) is 0 Å². The Morgan fingerprint density at radius 3 is 3.00 bits per heavy atom. The topological polar surface area (TPSA) is 42.2 Å². The first-order valence-electron chi connectivity index (χ1n) is 4.07. The van der Waals surface area contributed by atoms with Crippen molar-refractivity contribution >= 4 is 17.7 Å². The van der Waals surface area contributed by atoms with Crippen molar-refractivity contribution in [3.05, 3.63) is 18.6 Å². The predicted octanol–water partition coefficient (Wildman–Crippen LogP) is 1.33. The minimum atomic E-state index is 0.779. The lowest BCUT2D eigenvalue weighted by Gasteiger charge is -2.02. The summed E-state index contributed by atoms with van der Waals surface area (Å²) in [6, 6.07) is 0. The van der Waals surface area contributed by atoms with E-state index in [1.165, 1.54) is 0 Å². The van der Waals surface area contributed by atoms with E-state index in [9.17, 15) is 0 Å². The number of aromatic nitrogens is 2. The highest BCUT2D eigenvalue weighted by Gasteiger charge is 2.08. The molecule has 0 saturated carbocycles. The van der Waals surface area contributed by atoms with Crippen LogP contribution in [-0.4, -0.2) is 22.8 Å². The fourth-order valence-corrected chi connectivity index (χ4v) is 1.03. The summed E-state index contributed by atoms with van der Waals surface area (Å²) in [6.07, 6.45) is 3.46. The lowest BCUT2D eigenvalue weighted by Crippen LogP contribution is -2.03. The number of aliphatic imine (C=N–C) groups is 1. The van der Waals surface area contributed by atoms with E-state index in [0.29, 0.717) is 0 Å². The van der Waals surface area contributed by atoms with Crippen LogP contribution in [0.2, 0.25) is 0 Å². The zero-order chi connectivity index (χ0) is 9.84. The van der Waals surface area contributed by atoms with Crippen LogP contribution in [0.25, 0.3) is 5.70 Å². The Morgan fingerprint density at radius 2 is 2.46 bits per heavy atom. The molecule has 1 heterocycles. The standard InChI is InChI=1S/C9H14N4/c1-5-11-9-8(7(2)10-3)12-6-13(9)4/h5-6,10H,2H2,1,3-4H3. The Labute approximate surface area is 78.0 Å². The third-order valence-corrected chi connectivity index (χ3v) is 1.74. The fraction of sp³-hybridized carbons (Fsp3) is 0.333. The predicted molar refractivity (Wildman–Crippen MR) is 55.1 cm³/mol. The molecule has 1 N–H and O–H groups in total. The maximum atomic E-state index is 4.21. The summed E-state index contributed by atoms with van der Waals surface area (Å²) < 4.78 is 1.86. The monoisotopic (exact) mass is 178 g/mol. The molecule has 0 aliphatic heterocycles. The lowest BCUT2D eigenvalue weighted by molar-refractivity contribution is 0.912. The summed E-state index contributed by atoms with van der Waals surface area (Å²) in [7, 11) is 3.72. The molecular weight excluding hydrogens is 164 g/mol. The first kappa shape index (κ1) is 9.51. The van der Waals surface area contributed by atoms with Gasteiger partial charge in [-0.2, -0.15) is 0 Å². The second-order valence-corrected chi connectivity index (χ2v) is 2.64. The van der Waals surface area contributed by atoms with Gasteiger partial charge in [0, 0.05) is 20.3 Å². The molecule has 1 rings (SSSR count). The Bertz CT molecular complexity index is 335. The molecule has 0 radical (unpaired) electrons. The molecule has 0 aliphatic carbocycles. The molecular formula is C9H14N4. The Hall–Kier alpha value is -1.58. The zero-order valence-corrected chi connectivity index (χ0v) is 8.20. The summed E-state index contributed by atoms with van der Waals surface area (Å²) in [4.78, 5) is 8.40. The quantitative estimate of drug-likeness (QED) is 0.709. The minimum absolute atomic E-state index is 0.779. The Balaban J connectivity index is 3.14. The largest absolute Gasteiger partial charge is 0.387 e. The molecule has 4 heteroatoms. The van der Waals surface area contributed by atoms with Crippen molar-refractivity contribution in [3.8, 4) is 0 Å². The number of aryl methyl sites for hydroxylation is 1. The van der Waals surface area contributed by atoms with Gasteiger partial charge in [0.05, 0.1) is 12.0 Å². The second-order valence-electron chi connectivity index (χ2n) is 2.64. The Kier molecular flexibility index (Phi) is 2.84. The summed E-state index contributed by atoms with van der Waals surface area (Å²) in [5.41, 5.74) is 1.57. The number of rotatable bonds is 3. The number of nitrogens with one attached hydrogen (secondary N) is 1. The van der Waals surface area contributed by atoms with Crippen LogP contribution < -0.4 is 5.32 Å². The number of nitrogens with zero attached hydrogens (tertiary/aromatic N) is 3. The van der Waals surface area contributed by atoms with Gasteiger partial charge in [-0.3, -0.25) is 0 Å². The lowest BCUT2D eigenvalue weighted by atomic mass is 10.3. The third-order valence-electron chi connectivity index (χ3n) is 1.74. The van der Waals surface area contributed by atoms with Crippen molar-refractivity contribution in [1.82, 2.24) is 14.9 Å². The molecule has 13 heavy (non-hydrogen) atoms. The molecule has 0 atom stereocenters. The van der Waals surface area contributed by atoms with Crippen molar-refractivity contribution in [2.75, 3.05) is 7.05 Å². The summed E-state index contributed by atoms with van der Waals surface area (Å²) in [5.74, 6) is 0.821. The first-order chi connectivity index (χ1) is 6.20. The average Bonchev–Trinajstić information content (AvgIpc) is 2.48. The number of hydrogen-bond acceptors (Lipinski definition) is 3. The molecule has 0 bridgehead atoms. The van der Waals surface area contributed by atoms with Crippen LogP contribution in [0.3, 0.4) is 0 Å². The van der Waals surface area contributed by atoms with Gasteiger partial charge in [0.25, 0.3) is 0 Å². The van der Waals surface area contributed by atoms with E-state index in [4.69, 9.17) is 0 Å². The van der Waals surface area contributed by atoms with E-state index < -0.39 is 0 Å². The fourth-order valence-electron chi connectivity index (χ4n) is 1.03. The highest BCUT2D eigenvalue weighted by atomic mass is 15.1. The molecule has 0 unspecified atom stereocenters. The van der Waals surface area contributed by atoms with Gasteiger partial charge in [-0.05, 0) is 6.92 Å². The highest BCUT2D eigenvalue weighted by Crippen LogP contribution is 2.21. The van der Waals surface area contributed by atoms with E-state index in [1.807, 2.05) is 25.6 Å². The van der Waals surface area contributed by atoms with Gasteiger partial charge in [0.15, 0.2) is 5.82 Å². The zero-order valence-electron chi connectivity index (χ0n) is 8.20. The molecule has 70 valence electrons. The SMILES string of the molecule is C=C(NC)c1ncn(C)c1N=CC. The van der Waals surface area contributed by atoms with Crippen molar-refractivity contribution in [2.45, 2.75) is 6.92 Å². The molecule has 0 aromatic carbocycles. The van der Waals surface area contributed by atoms with Crippen LogP contribution in [0.4, 0.5) is 5.82 Å². The minimum Gasteiger partial charge on any atom is -0.387 e. The van der Waals surface area contributed by atoms with Crippen molar-refractivity contribution in [1.29, 1.82) is 0 Å². The maximum absolute atomic E-state index is 4.21. The van der Waals surface area contributed by atoms with Crippen LogP contribution in [0.5, 0.6) is 0 Å². The molecule has 1 aromatic heterocycles. The number of imidazole rings is 1. The van der Waals surface area contributed by atoms with Gasteiger partial charge in [0.2, 0.25) is 0 Å². The molecule has 4 nitrogen and oxygen atoms in total. The first-order valence-corrected chi connectivity index (χ1v) is 4.07. The van der Waals surface area contributed by atoms with E-state index in [0.717, 1.165) is 17.2 Å². The molecule has 0 saturated heterocycles. The van der Waals surface area contributed by atoms with Crippen LogP contribution >= 0.6 is 0 Å². The van der Waals surface area contributed by atoms with Crippen LogP contribution in [0, 0.1) is 0 Å². The maximum Gasteiger partial charge on any atom is 0.161 e.